The van der Waals surface area contributed by atoms with Crippen molar-refractivity contribution in [3.8, 4) is 0 Å². The molecule has 2 heteroatoms. The molecule has 0 fully saturated rings. The van der Waals surface area contributed by atoms with Gasteiger partial charge in [-0.05, 0) is 41.9 Å². The predicted molar refractivity (Wildman–Crippen MR) is 81.7 cm³/mol. The van der Waals surface area contributed by atoms with Gasteiger partial charge in [0.1, 0.15) is 0 Å². The van der Waals surface area contributed by atoms with E-state index in [0.717, 1.165) is 18.8 Å². The van der Waals surface area contributed by atoms with Crippen LogP contribution in [0, 0.1) is 11.3 Å². The van der Waals surface area contributed by atoms with E-state index in [0.29, 0.717) is 11.0 Å². The van der Waals surface area contributed by atoms with Crippen molar-refractivity contribution in [3.05, 3.63) is 35.4 Å². The van der Waals surface area contributed by atoms with Gasteiger partial charge in [-0.3, -0.25) is 0 Å². The highest BCUT2D eigenvalue weighted by Crippen LogP contribution is 2.21. The maximum absolute atomic E-state index is 10.6. The molecule has 0 aliphatic rings. The van der Waals surface area contributed by atoms with Crippen LogP contribution in [0.4, 0.5) is 0 Å². The molecule has 0 heterocycles. The number of aromatic carboxylic acids is 1. The molecule has 1 N–H and O–H groups in total. The quantitative estimate of drug-likeness (QED) is 0.831. The molecular formula is C17H28O2. The maximum atomic E-state index is 10.6. The second-order valence-electron chi connectivity index (χ2n) is 6.79. The first-order valence-electron chi connectivity index (χ1n) is 6.94. The minimum atomic E-state index is -0.864. The molecule has 19 heavy (non-hydrogen) atoms. The van der Waals surface area contributed by atoms with Gasteiger partial charge in [-0.15, -0.1) is 0 Å². The van der Waals surface area contributed by atoms with Gasteiger partial charge in [-0.1, -0.05) is 53.7 Å². The molecule has 0 aliphatic heterocycles. The predicted octanol–water partition coefficient (Wildman–Crippen LogP) is 5.03. The number of rotatable bonds is 3. The molecule has 0 radical (unpaired) electrons. The van der Waals surface area contributed by atoms with Gasteiger partial charge in [0.05, 0.1) is 5.56 Å². The third kappa shape index (κ3) is 10.3. The van der Waals surface area contributed by atoms with Gasteiger partial charge < -0.3 is 5.11 Å². The third-order valence-corrected chi connectivity index (χ3v) is 2.36. The first kappa shape index (κ1) is 17.7. The Bertz CT molecular complexity index is 366. The van der Waals surface area contributed by atoms with Crippen molar-refractivity contribution in [1.82, 2.24) is 0 Å². The topological polar surface area (TPSA) is 37.3 Å². The Kier molecular flexibility index (Phi) is 7.43. The fourth-order valence-electron chi connectivity index (χ4n) is 1.33. The molecule has 0 unspecified atom stereocenters. The smallest absolute Gasteiger partial charge is 0.335 e. The number of hydrogen-bond donors (Lipinski definition) is 1. The van der Waals surface area contributed by atoms with Crippen molar-refractivity contribution in [2.24, 2.45) is 11.3 Å². The highest BCUT2D eigenvalue weighted by Gasteiger charge is 2.10. The summed E-state index contributed by atoms with van der Waals surface area (Å²) in [5, 5.41) is 8.73. The molecule has 0 spiro atoms. The molecule has 0 atom stereocenters. The van der Waals surface area contributed by atoms with E-state index < -0.39 is 5.97 Å². The average molecular weight is 264 g/mol. The van der Waals surface area contributed by atoms with Crippen LogP contribution in [0.3, 0.4) is 0 Å². The second-order valence-corrected chi connectivity index (χ2v) is 6.79. The van der Waals surface area contributed by atoms with E-state index >= 15 is 0 Å². The summed E-state index contributed by atoms with van der Waals surface area (Å²) in [5.74, 6) is -0.0302. The van der Waals surface area contributed by atoms with Crippen LogP contribution in [-0.4, -0.2) is 11.1 Å². The number of carbonyl (C=O) groups is 1. The van der Waals surface area contributed by atoms with Crippen molar-refractivity contribution in [1.29, 1.82) is 0 Å². The molecule has 1 rings (SSSR count). The number of carboxylic acids is 1. The van der Waals surface area contributed by atoms with Gasteiger partial charge in [-0.2, -0.15) is 0 Å². The number of aryl methyl sites for hydroxylation is 1. The Morgan fingerprint density at radius 1 is 1.11 bits per heavy atom. The molecule has 2 nitrogen and oxygen atoms in total. The molecule has 0 bridgehead atoms. The SMILES string of the molecule is CC(C)(C)CCc1ccc(C(=O)O)cc1.CC(C)C. The largest absolute Gasteiger partial charge is 0.478 e. The highest BCUT2D eigenvalue weighted by molar-refractivity contribution is 5.87. The van der Waals surface area contributed by atoms with Crippen molar-refractivity contribution in [3.63, 3.8) is 0 Å². The molecule has 0 aliphatic carbocycles. The molecule has 0 saturated heterocycles. The van der Waals surface area contributed by atoms with E-state index in [2.05, 4.69) is 41.5 Å². The van der Waals surface area contributed by atoms with E-state index in [1.54, 1.807) is 12.1 Å². The van der Waals surface area contributed by atoms with Gasteiger partial charge >= 0.3 is 5.97 Å². The standard InChI is InChI=1S/C13H18O2.C4H10/c1-13(2,3)9-8-10-4-6-11(7-5-10)12(14)15;1-4(2)3/h4-7H,8-9H2,1-3H3,(H,14,15);4H,1-3H3. The highest BCUT2D eigenvalue weighted by atomic mass is 16.4. The van der Waals surface area contributed by atoms with Crippen molar-refractivity contribution < 1.29 is 9.90 Å². The van der Waals surface area contributed by atoms with E-state index in [1.807, 2.05) is 12.1 Å². The molecule has 0 amide bonds. The molecule has 1 aromatic rings. The minimum absolute atomic E-state index is 0.325. The lowest BCUT2D eigenvalue weighted by Crippen LogP contribution is -2.06. The van der Waals surface area contributed by atoms with Crippen molar-refractivity contribution in [2.75, 3.05) is 0 Å². The zero-order valence-corrected chi connectivity index (χ0v) is 13.2. The number of carboxylic acid groups (broad SMARTS) is 1. The van der Waals surface area contributed by atoms with E-state index in [-0.39, 0.29) is 0 Å². The Morgan fingerprint density at radius 2 is 1.53 bits per heavy atom. The molecule has 0 aromatic heterocycles. The van der Waals surface area contributed by atoms with Crippen LogP contribution in [0.5, 0.6) is 0 Å². The fourth-order valence-corrected chi connectivity index (χ4v) is 1.33. The minimum Gasteiger partial charge on any atom is -0.478 e. The first-order valence-corrected chi connectivity index (χ1v) is 6.94. The Balaban J connectivity index is 0.000000711. The zero-order chi connectivity index (χ0) is 15.1. The lowest BCUT2D eigenvalue weighted by Gasteiger charge is -2.17. The van der Waals surface area contributed by atoms with Gasteiger partial charge in [0.15, 0.2) is 0 Å². The van der Waals surface area contributed by atoms with Gasteiger partial charge in [0.2, 0.25) is 0 Å². The van der Waals surface area contributed by atoms with Crippen molar-refractivity contribution in [2.45, 2.75) is 54.4 Å². The van der Waals surface area contributed by atoms with Gasteiger partial charge in [0, 0.05) is 0 Å². The van der Waals surface area contributed by atoms with E-state index in [9.17, 15) is 4.79 Å². The Hall–Kier alpha value is -1.31. The van der Waals surface area contributed by atoms with Crippen LogP contribution in [-0.2, 0) is 6.42 Å². The lowest BCUT2D eigenvalue weighted by atomic mass is 9.88. The van der Waals surface area contributed by atoms with Crippen LogP contribution in [0.2, 0.25) is 0 Å². The van der Waals surface area contributed by atoms with Crippen LogP contribution in [0.25, 0.3) is 0 Å². The second kappa shape index (κ2) is 7.98. The van der Waals surface area contributed by atoms with E-state index in [4.69, 9.17) is 5.11 Å². The fraction of sp³-hybridized carbons (Fsp3) is 0.588. The number of hydrogen-bond acceptors (Lipinski definition) is 1. The molecule has 1 aromatic carbocycles. The maximum Gasteiger partial charge on any atom is 0.335 e. The summed E-state index contributed by atoms with van der Waals surface area (Å²) in [7, 11) is 0. The van der Waals surface area contributed by atoms with Crippen LogP contribution in [0.1, 0.15) is 63.9 Å². The first-order chi connectivity index (χ1) is 8.61. The summed E-state index contributed by atoms with van der Waals surface area (Å²) in [5.41, 5.74) is 1.88. The summed E-state index contributed by atoms with van der Waals surface area (Å²) in [6.45, 7) is 13.1. The average Bonchev–Trinajstić information content (AvgIpc) is 2.25. The van der Waals surface area contributed by atoms with Gasteiger partial charge in [-0.25, -0.2) is 4.79 Å². The van der Waals surface area contributed by atoms with Crippen LogP contribution in [0.15, 0.2) is 24.3 Å². The Labute approximate surface area is 117 Å². The third-order valence-electron chi connectivity index (χ3n) is 2.36. The molecule has 108 valence electrons. The monoisotopic (exact) mass is 264 g/mol. The summed E-state index contributed by atoms with van der Waals surface area (Å²) < 4.78 is 0. The molecular weight excluding hydrogens is 236 g/mol. The molecule has 0 saturated carbocycles. The Morgan fingerprint density at radius 3 is 1.84 bits per heavy atom. The lowest BCUT2D eigenvalue weighted by molar-refractivity contribution is 0.0697. The zero-order valence-electron chi connectivity index (χ0n) is 13.2. The van der Waals surface area contributed by atoms with Gasteiger partial charge in [0.25, 0.3) is 0 Å². The van der Waals surface area contributed by atoms with Crippen molar-refractivity contribution >= 4 is 5.97 Å². The van der Waals surface area contributed by atoms with E-state index in [1.165, 1.54) is 5.56 Å². The summed E-state index contributed by atoms with van der Waals surface area (Å²) in [6.07, 6.45) is 2.11. The summed E-state index contributed by atoms with van der Waals surface area (Å²) >= 11 is 0. The van der Waals surface area contributed by atoms with Crippen LogP contribution >= 0.6 is 0 Å². The summed E-state index contributed by atoms with van der Waals surface area (Å²) in [4.78, 5) is 10.6. The summed E-state index contributed by atoms with van der Waals surface area (Å²) in [6, 6.07) is 7.13. The number of benzene rings is 1. The van der Waals surface area contributed by atoms with Crippen LogP contribution < -0.4 is 0 Å². The normalized spacial score (nSPS) is 10.9.